The molecule has 3 N–H and O–H groups in total. The van der Waals surface area contributed by atoms with Gasteiger partial charge in [-0.05, 0) is 18.2 Å². The second-order valence-electron chi connectivity index (χ2n) is 4.72. The number of anilines is 1. The maximum absolute atomic E-state index is 12.2. The van der Waals surface area contributed by atoms with Crippen LogP contribution in [0.3, 0.4) is 0 Å². The Bertz CT molecular complexity index is 634. The van der Waals surface area contributed by atoms with Crippen molar-refractivity contribution in [2.75, 3.05) is 43.4 Å². The van der Waals surface area contributed by atoms with Gasteiger partial charge in [-0.1, -0.05) is 0 Å². The number of sulfonamides is 1. The summed E-state index contributed by atoms with van der Waals surface area (Å²) in [5.41, 5.74) is 6.01. The third kappa shape index (κ3) is 4.35. The minimum atomic E-state index is -3.68. The van der Waals surface area contributed by atoms with Crippen LogP contribution in [0.1, 0.15) is 5.56 Å². The second kappa shape index (κ2) is 7.13. The highest BCUT2D eigenvalue weighted by atomic mass is 32.2. The molecule has 1 aromatic carbocycles. The number of nitrogen functional groups attached to an aromatic ring is 1. The van der Waals surface area contributed by atoms with Crippen molar-refractivity contribution in [3.05, 3.63) is 23.8 Å². The van der Waals surface area contributed by atoms with Gasteiger partial charge in [0.2, 0.25) is 10.0 Å². The van der Waals surface area contributed by atoms with Gasteiger partial charge in [-0.2, -0.15) is 17.0 Å². The number of nitriles is 1. The fourth-order valence-electron chi connectivity index (χ4n) is 2.11. The summed E-state index contributed by atoms with van der Waals surface area (Å²) in [5, 5.41) is 9.03. The van der Waals surface area contributed by atoms with Crippen molar-refractivity contribution in [2.45, 2.75) is 4.90 Å². The lowest BCUT2D eigenvalue weighted by molar-refractivity contribution is 0.307. The number of hydrogen-bond donors (Lipinski definition) is 2. The first kappa shape index (κ1) is 16.1. The number of rotatable bonds is 5. The zero-order valence-electron chi connectivity index (χ0n) is 11.6. The molecule has 114 valence electrons. The Balaban J connectivity index is 2.00. The summed E-state index contributed by atoms with van der Waals surface area (Å²) in [6.07, 6.45) is 0. The highest BCUT2D eigenvalue weighted by Crippen LogP contribution is 2.17. The number of nitrogens with zero attached hydrogens (tertiary/aromatic N) is 2. The van der Waals surface area contributed by atoms with E-state index < -0.39 is 10.0 Å². The van der Waals surface area contributed by atoms with Crippen molar-refractivity contribution >= 4 is 27.5 Å². The first-order chi connectivity index (χ1) is 10.0. The molecule has 0 amide bonds. The molecule has 0 atom stereocenters. The van der Waals surface area contributed by atoms with Crippen molar-refractivity contribution in [2.24, 2.45) is 0 Å². The maximum Gasteiger partial charge on any atom is 0.241 e. The quantitative estimate of drug-likeness (QED) is 0.763. The summed E-state index contributed by atoms with van der Waals surface area (Å²) in [7, 11) is -3.68. The average Bonchev–Trinajstić information content (AvgIpc) is 2.47. The van der Waals surface area contributed by atoms with E-state index in [0.717, 1.165) is 24.6 Å². The lowest BCUT2D eigenvalue weighted by Gasteiger charge is -2.26. The summed E-state index contributed by atoms with van der Waals surface area (Å²) in [4.78, 5) is 2.21. The van der Waals surface area contributed by atoms with Gasteiger partial charge in [0, 0.05) is 43.4 Å². The SMILES string of the molecule is N#Cc1cc(N)ccc1S(=O)(=O)NCCN1CCSCC1. The van der Waals surface area contributed by atoms with Crippen LogP contribution in [0.15, 0.2) is 23.1 Å². The van der Waals surface area contributed by atoms with Crippen molar-refractivity contribution in [1.82, 2.24) is 9.62 Å². The van der Waals surface area contributed by atoms with Crippen LogP contribution in [0.5, 0.6) is 0 Å². The van der Waals surface area contributed by atoms with E-state index in [0.29, 0.717) is 18.8 Å². The predicted octanol–water partition coefficient (Wildman–Crippen LogP) is 0.468. The smallest absolute Gasteiger partial charge is 0.241 e. The molecular weight excluding hydrogens is 308 g/mol. The third-order valence-corrected chi connectivity index (χ3v) is 5.70. The van der Waals surface area contributed by atoms with Crippen LogP contribution in [0.2, 0.25) is 0 Å². The van der Waals surface area contributed by atoms with Crippen LogP contribution in [0.25, 0.3) is 0 Å². The van der Waals surface area contributed by atoms with E-state index in [1.165, 1.54) is 18.2 Å². The Labute approximate surface area is 129 Å². The molecule has 0 bridgehead atoms. The Kier molecular flexibility index (Phi) is 5.47. The second-order valence-corrected chi connectivity index (χ2v) is 7.68. The maximum atomic E-state index is 12.2. The Morgan fingerprint density at radius 3 is 2.76 bits per heavy atom. The minimum Gasteiger partial charge on any atom is -0.399 e. The first-order valence-electron chi connectivity index (χ1n) is 6.62. The molecule has 0 aromatic heterocycles. The minimum absolute atomic E-state index is 0.0200. The van der Waals surface area contributed by atoms with E-state index in [2.05, 4.69) is 9.62 Å². The van der Waals surface area contributed by atoms with Gasteiger partial charge in [-0.3, -0.25) is 0 Å². The normalized spacial score (nSPS) is 16.5. The Morgan fingerprint density at radius 1 is 1.38 bits per heavy atom. The van der Waals surface area contributed by atoms with Crippen molar-refractivity contribution in [3.63, 3.8) is 0 Å². The average molecular weight is 326 g/mol. The summed E-state index contributed by atoms with van der Waals surface area (Å²) < 4.78 is 27.0. The number of benzene rings is 1. The molecule has 0 aliphatic carbocycles. The largest absolute Gasteiger partial charge is 0.399 e. The van der Waals surface area contributed by atoms with E-state index in [4.69, 9.17) is 11.0 Å². The fraction of sp³-hybridized carbons (Fsp3) is 0.462. The zero-order chi connectivity index (χ0) is 15.3. The molecule has 1 aromatic rings. The number of nitrogens with one attached hydrogen (secondary N) is 1. The standard InChI is InChI=1S/C13H18N4O2S2/c14-10-11-9-12(15)1-2-13(11)21(18,19)16-3-4-17-5-7-20-8-6-17/h1-2,9,16H,3-8,15H2. The molecule has 8 heteroatoms. The van der Waals surface area contributed by atoms with Gasteiger partial charge in [-0.25, -0.2) is 13.1 Å². The molecule has 1 aliphatic rings. The molecule has 1 saturated heterocycles. The van der Waals surface area contributed by atoms with Crippen LogP contribution in [-0.4, -0.2) is 51.0 Å². The van der Waals surface area contributed by atoms with Gasteiger partial charge in [0.05, 0.1) is 10.5 Å². The van der Waals surface area contributed by atoms with Crippen LogP contribution in [0, 0.1) is 11.3 Å². The first-order valence-corrected chi connectivity index (χ1v) is 9.26. The van der Waals surface area contributed by atoms with Crippen LogP contribution in [0.4, 0.5) is 5.69 Å². The molecule has 6 nitrogen and oxygen atoms in total. The Hall–Kier alpha value is -1.27. The van der Waals surface area contributed by atoms with E-state index in [1.54, 1.807) is 0 Å². The molecule has 21 heavy (non-hydrogen) atoms. The van der Waals surface area contributed by atoms with Gasteiger partial charge in [0.1, 0.15) is 6.07 Å². The van der Waals surface area contributed by atoms with Gasteiger partial charge >= 0.3 is 0 Å². The third-order valence-electron chi connectivity index (χ3n) is 3.24. The van der Waals surface area contributed by atoms with Crippen LogP contribution in [-0.2, 0) is 10.0 Å². The molecule has 0 saturated carbocycles. The monoisotopic (exact) mass is 326 g/mol. The molecule has 0 spiro atoms. The highest BCUT2D eigenvalue weighted by molar-refractivity contribution is 7.99. The van der Waals surface area contributed by atoms with E-state index in [1.807, 2.05) is 17.8 Å². The number of hydrogen-bond acceptors (Lipinski definition) is 6. The van der Waals surface area contributed by atoms with E-state index >= 15 is 0 Å². The number of thioether (sulfide) groups is 1. The lowest BCUT2D eigenvalue weighted by atomic mass is 10.2. The summed E-state index contributed by atoms with van der Waals surface area (Å²) in [6.45, 7) is 2.98. The molecular formula is C13H18N4O2S2. The summed E-state index contributed by atoms with van der Waals surface area (Å²) >= 11 is 1.91. The van der Waals surface area contributed by atoms with E-state index in [-0.39, 0.29) is 10.5 Å². The van der Waals surface area contributed by atoms with Gasteiger partial charge < -0.3 is 10.6 Å². The highest BCUT2D eigenvalue weighted by Gasteiger charge is 2.19. The van der Waals surface area contributed by atoms with Gasteiger partial charge in [0.25, 0.3) is 0 Å². The lowest BCUT2D eigenvalue weighted by Crippen LogP contribution is -2.39. The van der Waals surface area contributed by atoms with Crippen LogP contribution >= 0.6 is 11.8 Å². The molecule has 2 rings (SSSR count). The van der Waals surface area contributed by atoms with Crippen molar-refractivity contribution in [3.8, 4) is 6.07 Å². The molecule has 1 fully saturated rings. The summed E-state index contributed by atoms with van der Waals surface area (Å²) in [5.74, 6) is 2.17. The fourth-order valence-corrected chi connectivity index (χ4v) is 4.25. The predicted molar refractivity (Wildman–Crippen MR) is 84.5 cm³/mol. The molecule has 0 unspecified atom stereocenters. The van der Waals surface area contributed by atoms with Crippen molar-refractivity contribution in [1.29, 1.82) is 5.26 Å². The molecule has 1 heterocycles. The van der Waals surface area contributed by atoms with Gasteiger partial charge in [-0.15, -0.1) is 0 Å². The van der Waals surface area contributed by atoms with Gasteiger partial charge in [0.15, 0.2) is 0 Å². The number of nitrogens with two attached hydrogens (primary N) is 1. The van der Waals surface area contributed by atoms with E-state index in [9.17, 15) is 8.42 Å². The Morgan fingerprint density at radius 2 is 2.10 bits per heavy atom. The molecule has 0 radical (unpaired) electrons. The molecule has 1 aliphatic heterocycles. The summed E-state index contributed by atoms with van der Waals surface area (Å²) in [6, 6.07) is 6.09. The topological polar surface area (TPSA) is 99.2 Å². The van der Waals surface area contributed by atoms with Crippen LogP contribution < -0.4 is 10.5 Å². The van der Waals surface area contributed by atoms with Crippen molar-refractivity contribution < 1.29 is 8.42 Å². The zero-order valence-corrected chi connectivity index (χ0v) is 13.2.